The van der Waals surface area contributed by atoms with E-state index in [0.717, 1.165) is 6.42 Å². The van der Waals surface area contributed by atoms with Crippen molar-refractivity contribution in [2.45, 2.75) is 6.42 Å². The van der Waals surface area contributed by atoms with Gasteiger partial charge in [0.2, 0.25) is 0 Å². The van der Waals surface area contributed by atoms with Gasteiger partial charge in [-0.1, -0.05) is 11.8 Å². The van der Waals surface area contributed by atoms with Gasteiger partial charge in [-0.15, -0.1) is 0 Å². The van der Waals surface area contributed by atoms with E-state index in [-0.39, 0.29) is 5.92 Å². The summed E-state index contributed by atoms with van der Waals surface area (Å²) in [4.78, 5) is 0. The van der Waals surface area contributed by atoms with Crippen LogP contribution in [0.25, 0.3) is 0 Å². The van der Waals surface area contributed by atoms with Gasteiger partial charge in [-0.25, -0.2) is 0 Å². The van der Waals surface area contributed by atoms with Crippen molar-refractivity contribution in [3.63, 3.8) is 0 Å². The molecule has 0 nitrogen and oxygen atoms in total. The van der Waals surface area contributed by atoms with Crippen LogP contribution in [0.3, 0.4) is 0 Å². The molecule has 0 aliphatic heterocycles. The highest BCUT2D eigenvalue weighted by Crippen LogP contribution is 2.25. The van der Waals surface area contributed by atoms with Gasteiger partial charge in [0.15, 0.2) is 0 Å². The van der Waals surface area contributed by atoms with Gasteiger partial charge < -0.3 is 0 Å². The molecule has 1 atom stereocenters. The van der Waals surface area contributed by atoms with E-state index in [1.807, 2.05) is 6.42 Å². The van der Waals surface area contributed by atoms with Crippen LogP contribution in [0.5, 0.6) is 0 Å². The second-order valence-corrected chi connectivity index (χ2v) is 1.80. The summed E-state index contributed by atoms with van der Waals surface area (Å²) in [7, 11) is 0. The fraction of sp³-hybridized carbons (Fsp3) is 0.286. The molecule has 1 saturated carbocycles. The van der Waals surface area contributed by atoms with Gasteiger partial charge in [0, 0.05) is 5.92 Å². The van der Waals surface area contributed by atoms with Gasteiger partial charge in [0.25, 0.3) is 6.08 Å². The Morgan fingerprint density at radius 2 is 2.33 bits per heavy atom. The molecule has 1 radical (unpaired) electrons. The molecule has 9 heavy (non-hydrogen) atoms. The van der Waals surface area contributed by atoms with Crippen LogP contribution in [0, 0.1) is 24.2 Å². The maximum absolute atomic E-state index is 11.3. The molecule has 0 aromatic carbocycles. The molecule has 47 valence electrons. The van der Waals surface area contributed by atoms with Gasteiger partial charge in [-0.2, -0.15) is 8.78 Å². The first kappa shape index (κ1) is 6.28. The first-order valence-electron chi connectivity index (χ1n) is 2.64. The summed E-state index contributed by atoms with van der Waals surface area (Å²) in [5.41, 5.74) is 0. The van der Waals surface area contributed by atoms with E-state index >= 15 is 0 Å². The van der Waals surface area contributed by atoms with Crippen LogP contribution >= 0.6 is 0 Å². The molecule has 0 saturated heterocycles. The van der Waals surface area contributed by atoms with E-state index in [9.17, 15) is 8.78 Å². The molecular weight excluding hydrogens is 122 g/mol. The van der Waals surface area contributed by atoms with E-state index < -0.39 is 6.08 Å². The molecule has 0 aromatic rings. The van der Waals surface area contributed by atoms with Gasteiger partial charge in [-0.05, 0) is 12.8 Å². The normalized spacial score (nSPS) is 15.8. The Kier molecular flexibility index (Phi) is 1.84. The standard InChI is InChI=1S/C7H5F2/c8-7(9)3-1-2-6-4-5-6/h3-4,6H,5H2. The van der Waals surface area contributed by atoms with Crippen molar-refractivity contribution >= 4 is 0 Å². The number of halogens is 2. The fourth-order valence-corrected chi connectivity index (χ4v) is 0.389. The number of rotatable bonds is 0. The van der Waals surface area contributed by atoms with Crippen molar-refractivity contribution in [2.24, 2.45) is 5.92 Å². The average Bonchev–Trinajstić information content (AvgIpc) is 2.48. The highest BCUT2D eigenvalue weighted by molar-refractivity contribution is 5.24. The molecule has 1 aliphatic rings. The topological polar surface area (TPSA) is 0 Å². The Bertz CT molecular complexity index is 175. The summed E-state index contributed by atoms with van der Waals surface area (Å²) in [5.74, 6) is 5.16. The Morgan fingerprint density at radius 3 is 2.78 bits per heavy atom. The van der Waals surface area contributed by atoms with Crippen LogP contribution in [0.15, 0.2) is 12.2 Å². The van der Waals surface area contributed by atoms with Gasteiger partial charge >= 0.3 is 0 Å². The maximum atomic E-state index is 11.3. The zero-order valence-electron chi connectivity index (χ0n) is 4.70. The van der Waals surface area contributed by atoms with E-state index in [2.05, 4.69) is 11.8 Å². The maximum Gasteiger partial charge on any atom is 0.278 e. The van der Waals surface area contributed by atoms with Crippen LogP contribution in [0.2, 0.25) is 0 Å². The summed E-state index contributed by atoms with van der Waals surface area (Å²) >= 11 is 0. The van der Waals surface area contributed by atoms with E-state index in [4.69, 9.17) is 0 Å². The van der Waals surface area contributed by atoms with Gasteiger partial charge in [0.05, 0.1) is 6.08 Å². The lowest BCUT2D eigenvalue weighted by molar-refractivity contribution is 0.422. The zero-order valence-corrected chi connectivity index (χ0v) is 4.70. The molecule has 0 N–H and O–H groups in total. The van der Waals surface area contributed by atoms with Crippen molar-refractivity contribution < 1.29 is 8.78 Å². The highest BCUT2D eigenvalue weighted by Gasteiger charge is 2.17. The summed E-state index contributed by atoms with van der Waals surface area (Å²) < 4.78 is 22.5. The van der Waals surface area contributed by atoms with E-state index in [1.165, 1.54) is 0 Å². The summed E-state index contributed by atoms with van der Waals surface area (Å²) in [6, 6.07) is 0. The predicted molar refractivity (Wildman–Crippen MR) is 30.5 cm³/mol. The Balaban J connectivity index is 2.32. The SMILES string of the molecule is FC(F)=CC#CC1[CH]C1. The van der Waals surface area contributed by atoms with Crippen LogP contribution in [-0.2, 0) is 0 Å². The van der Waals surface area contributed by atoms with Crippen LogP contribution in [-0.4, -0.2) is 0 Å². The van der Waals surface area contributed by atoms with E-state index in [1.54, 1.807) is 0 Å². The lowest BCUT2D eigenvalue weighted by atomic mass is 10.4. The molecule has 1 rings (SSSR count). The summed E-state index contributed by atoms with van der Waals surface area (Å²) in [6.45, 7) is 0. The van der Waals surface area contributed by atoms with Crippen molar-refractivity contribution in [3.8, 4) is 11.8 Å². The van der Waals surface area contributed by atoms with Gasteiger partial charge in [0.1, 0.15) is 0 Å². The van der Waals surface area contributed by atoms with Crippen molar-refractivity contribution in [2.75, 3.05) is 0 Å². The minimum absolute atomic E-state index is 0.278. The molecule has 1 aliphatic carbocycles. The lowest BCUT2D eigenvalue weighted by Crippen LogP contribution is -1.61. The van der Waals surface area contributed by atoms with Crippen molar-refractivity contribution in [1.82, 2.24) is 0 Å². The fourth-order valence-electron chi connectivity index (χ4n) is 0.389. The highest BCUT2D eigenvalue weighted by atomic mass is 19.3. The zero-order chi connectivity index (χ0) is 6.69. The summed E-state index contributed by atoms with van der Waals surface area (Å²) in [6.07, 6.45) is 1.83. The third kappa shape index (κ3) is 2.86. The summed E-state index contributed by atoms with van der Waals surface area (Å²) in [5, 5.41) is 0. The first-order chi connectivity index (χ1) is 4.29. The molecular formula is C7H5F2. The number of hydrogen-bond acceptors (Lipinski definition) is 0. The Labute approximate surface area is 52.6 Å². The minimum Gasteiger partial charge on any atom is -0.173 e. The third-order valence-corrected chi connectivity index (χ3v) is 0.921. The number of hydrogen-bond donors (Lipinski definition) is 0. The smallest absolute Gasteiger partial charge is 0.173 e. The second-order valence-electron chi connectivity index (χ2n) is 1.80. The van der Waals surface area contributed by atoms with E-state index in [0.29, 0.717) is 6.08 Å². The average molecular weight is 127 g/mol. The third-order valence-electron chi connectivity index (χ3n) is 0.921. The molecule has 1 fully saturated rings. The quantitative estimate of drug-likeness (QED) is 0.436. The van der Waals surface area contributed by atoms with Crippen molar-refractivity contribution in [3.05, 3.63) is 18.6 Å². The van der Waals surface area contributed by atoms with Crippen molar-refractivity contribution in [1.29, 1.82) is 0 Å². The van der Waals surface area contributed by atoms with Crippen LogP contribution in [0.1, 0.15) is 6.42 Å². The second kappa shape index (κ2) is 2.63. The lowest BCUT2D eigenvalue weighted by Gasteiger charge is -1.69. The van der Waals surface area contributed by atoms with Gasteiger partial charge in [-0.3, -0.25) is 0 Å². The molecule has 0 spiro atoms. The first-order valence-corrected chi connectivity index (χ1v) is 2.64. The molecule has 0 amide bonds. The Morgan fingerprint density at radius 1 is 1.67 bits per heavy atom. The predicted octanol–water partition coefficient (Wildman–Crippen LogP) is 1.99. The minimum atomic E-state index is -1.72. The molecule has 0 bridgehead atoms. The number of allylic oxidation sites excluding steroid dienone is 1. The van der Waals surface area contributed by atoms with Crippen LogP contribution in [0.4, 0.5) is 8.78 Å². The molecule has 0 aromatic heterocycles. The molecule has 2 heteroatoms. The molecule has 0 heterocycles. The largest absolute Gasteiger partial charge is 0.278 e. The van der Waals surface area contributed by atoms with Crippen LogP contribution < -0.4 is 0 Å². The Hall–Kier alpha value is -0.840. The monoisotopic (exact) mass is 127 g/mol. The molecule has 1 unspecified atom stereocenters.